The van der Waals surface area contributed by atoms with Gasteiger partial charge in [0.1, 0.15) is 0 Å². The van der Waals surface area contributed by atoms with Crippen LogP contribution in [0.4, 0.5) is 0 Å². The molecular weight excluding hydrogens is 228 g/mol. The van der Waals surface area contributed by atoms with Crippen molar-refractivity contribution in [1.29, 1.82) is 0 Å². The average molecular weight is 250 g/mol. The van der Waals surface area contributed by atoms with Crippen molar-refractivity contribution in [1.82, 2.24) is 0 Å². The highest BCUT2D eigenvalue weighted by molar-refractivity contribution is 5.87. The Balaban J connectivity index is 1.79. The number of unbranched alkanes of at least 4 members (excludes halogenated alkanes) is 3. The maximum atomic E-state index is 2.40. The Morgan fingerprint density at radius 1 is 0.947 bits per heavy atom. The summed E-state index contributed by atoms with van der Waals surface area (Å²) in [6.07, 6.45) is 11.4. The minimum Gasteiger partial charge on any atom is -0.0764 e. The van der Waals surface area contributed by atoms with Gasteiger partial charge in [-0.25, -0.2) is 0 Å². The smallest absolute Gasteiger partial charge is 0.00274 e. The Labute approximate surface area is 116 Å². The number of hydrogen-bond acceptors (Lipinski definition) is 0. The van der Waals surface area contributed by atoms with Gasteiger partial charge in [0.15, 0.2) is 0 Å². The third kappa shape index (κ3) is 2.58. The molecule has 0 heteroatoms. The maximum absolute atomic E-state index is 2.40. The zero-order chi connectivity index (χ0) is 13.1. The monoisotopic (exact) mass is 250 g/mol. The number of allylic oxidation sites excluding steroid dienone is 1. The van der Waals surface area contributed by atoms with Crippen LogP contribution in [0, 0.1) is 0 Å². The molecule has 0 radical (unpaired) electrons. The van der Waals surface area contributed by atoms with Crippen LogP contribution in [-0.4, -0.2) is 0 Å². The topological polar surface area (TPSA) is 0 Å². The van der Waals surface area contributed by atoms with Gasteiger partial charge in [-0.1, -0.05) is 69.0 Å². The van der Waals surface area contributed by atoms with E-state index in [1.807, 2.05) is 0 Å². The summed E-state index contributed by atoms with van der Waals surface area (Å²) in [6.45, 7) is 2.27. The van der Waals surface area contributed by atoms with Gasteiger partial charge in [0.25, 0.3) is 0 Å². The molecule has 0 fully saturated rings. The maximum Gasteiger partial charge on any atom is 0.00274 e. The molecule has 0 heterocycles. The third-order valence-electron chi connectivity index (χ3n) is 4.23. The predicted octanol–water partition coefficient (Wildman–Crippen LogP) is 5.92. The van der Waals surface area contributed by atoms with Crippen LogP contribution >= 0.6 is 0 Å². The van der Waals surface area contributed by atoms with E-state index in [2.05, 4.69) is 55.5 Å². The van der Waals surface area contributed by atoms with Gasteiger partial charge >= 0.3 is 0 Å². The van der Waals surface area contributed by atoms with E-state index in [9.17, 15) is 0 Å². The molecule has 3 rings (SSSR count). The fourth-order valence-corrected chi connectivity index (χ4v) is 3.11. The van der Waals surface area contributed by atoms with E-state index in [0.29, 0.717) is 5.92 Å². The molecule has 1 aliphatic carbocycles. The minimum atomic E-state index is 0.650. The first-order chi connectivity index (χ1) is 9.38. The molecule has 0 aliphatic heterocycles. The van der Waals surface area contributed by atoms with Gasteiger partial charge < -0.3 is 0 Å². The van der Waals surface area contributed by atoms with Gasteiger partial charge in [-0.2, -0.15) is 0 Å². The van der Waals surface area contributed by atoms with E-state index in [0.717, 1.165) is 0 Å². The molecule has 1 atom stereocenters. The molecule has 2 aromatic carbocycles. The summed E-state index contributed by atoms with van der Waals surface area (Å²) in [6, 6.07) is 13.4. The van der Waals surface area contributed by atoms with Gasteiger partial charge in [-0.15, -0.1) is 0 Å². The average Bonchev–Trinajstić information content (AvgIpc) is 2.83. The third-order valence-corrected chi connectivity index (χ3v) is 4.23. The highest BCUT2D eigenvalue weighted by atomic mass is 14.2. The number of benzene rings is 2. The first-order valence-corrected chi connectivity index (χ1v) is 7.59. The van der Waals surface area contributed by atoms with Crippen LogP contribution in [0.25, 0.3) is 16.8 Å². The lowest BCUT2D eigenvalue weighted by Gasteiger charge is -2.12. The Morgan fingerprint density at radius 3 is 2.53 bits per heavy atom. The summed E-state index contributed by atoms with van der Waals surface area (Å²) in [5, 5.41) is 2.74. The lowest BCUT2D eigenvalue weighted by molar-refractivity contribution is 0.607. The molecule has 1 aliphatic rings. The summed E-state index contributed by atoms with van der Waals surface area (Å²) in [5.41, 5.74) is 2.97. The van der Waals surface area contributed by atoms with E-state index >= 15 is 0 Å². The second-order valence-corrected chi connectivity index (χ2v) is 5.64. The van der Waals surface area contributed by atoms with E-state index in [-0.39, 0.29) is 0 Å². The lowest BCUT2D eigenvalue weighted by Crippen LogP contribution is -1.94. The zero-order valence-electron chi connectivity index (χ0n) is 11.7. The molecule has 2 aromatic rings. The van der Waals surface area contributed by atoms with Crippen molar-refractivity contribution in [3.63, 3.8) is 0 Å². The Kier molecular flexibility index (Phi) is 3.68. The van der Waals surface area contributed by atoms with Crippen LogP contribution in [0.5, 0.6) is 0 Å². The van der Waals surface area contributed by atoms with E-state index in [1.54, 1.807) is 0 Å². The van der Waals surface area contributed by atoms with Crippen LogP contribution in [0.1, 0.15) is 56.1 Å². The number of rotatable bonds is 5. The molecule has 0 nitrogen and oxygen atoms in total. The Morgan fingerprint density at radius 2 is 1.74 bits per heavy atom. The predicted molar refractivity (Wildman–Crippen MR) is 84.5 cm³/mol. The first-order valence-electron chi connectivity index (χ1n) is 7.59. The van der Waals surface area contributed by atoms with Crippen molar-refractivity contribution in [2.45, 2.75) is 44.9 Å². The largest absolute Gasteiger partial charge is 0.0764 e. The molecule has 0 bridgehead atoms. The van der Waals surface area contributed by atoms with Crippen LogP contribution < -0.4 is 0 Å². The van der Waals surface area contributed by atoms with Crippen molar-refractivity contribution in [3.8, 4) is 0 Å². The molecule has 0 amide bonds. The number of hydrogen-bond donors (Lipinski definition) is 0. The highest BCUT2D eigenvalue weighted by Gasteiger charge is 2.17. The first kappa shape index (κ1) is 12.5. The van der Waals surface area contributed by atoms with Gasteiger partial charge in [-0.05, 0) is 40.5 Å². The molecule has 1 unspecified atom stereocenters. The molecular formula is C19H22. The van der Waals surface area contributed by atoms with E-state index < -0.39 is 0 Å². The fourth-order valence-electron chi connectivity index (χ4n) is 3.11. The van der Waals surface area contributed by atoms with Gasteiger partial charge in [-0.3, -0.25) is 0 Å². The Hall–Kier alpha value is -1.56. The molecule has 0 N–H and O–H groups in total. The highest BCUT2D eigenvalue weighted by Crippen LogP contribution is 2.36. The van der Waals surface area contributed by atoms with Crippen molar-refractivity contribution in [3.05, 3.63) is 53.6 Å². The van der Waals surface area contributed by atoms with Gasteiger partial charge in [0.05, 0.1) is 0 Å². The zero-order valence-corrected chi connectivity index (χ0v) is 11.7. The number of fused-ring (bicyclic) bond motifs is 2. The van der Waals surface area contributed by atoms with Crippen molar-refractivity contribution >= 4 is 16.8 Å². The minimum absolute atomic E-state index is 0.650. The van der Waals surface area contributed by atoms with Crippen molar-refractivity contribution in [2.24, 2.45) is 0 Å². The summed E-state index contributed by atoms with van der Waals surface area (Å²) in [7, 11) is 0. The van der Waals surface area contributed by atoms with Crippen molar-refractivity contribution in [2.75, 3.05) is 0 Å². The second kappa shape index (κ2) is 5.61. The lowest BCUT2D eigenvalue weighted by atomic mass is 9.92. The molecule has 0 saturated heterocycles. The molecule has 0 saturated carbocycles. The van der Waals surface area contributed by atoms with Crippen molar-refractivity contribution < 1.29 is 0 Å². The molecule has 98 valence electrons. The summed E-state index contributed by atoms with van der Waals surface area (Å²) in [4.78, 5) is 0. The molecule has 0 spiro atoms. The second-order valence-electron chi connectivity index (χ2n) is 5.64. The quantitative estimate of drug-likeness (QED) is 0.578. The summed E-state index contributed by atoms with van der Waals surface area (Å²) in [5.74, 6) is 0.650. The van der Waals surface area contributed by atoms with Crippen LogP contribution in [0.3, 0.4) is 0 Å². The standard InChI is InChI=1S/C19H22/c1-2-3-4-5-8-15-11-12-18-13-16-9-6-7-10-17(16)14-19(15)18/h6-7,9-15H,2-5,8H2,1H3. The van der Waals surface area contributed by atoms with Crippen LogP contribution in [0.15, 0.2) is 42.5 Å². The SMILES string of the molecule is CCCCCCC1C=Cc2cc3ccccc3cc21. The van der Waals surface area contributed by atoms with E-state index in [4.69, 9.17) is 0 Å². The summed E-state index contributed by atoms with van der Waals surface area (Å²) < 4.78 is 0. The normalized spacial score (nSPS) is 17.0. The van der Waals surface area contributed by atoms with E-state index in [1.165, 1.54) is 54.0 Å². The molecule has 0 aromatic heterocycles. The van der Waals surface area contributed by atoms with Gasteiger partial charge in [0.2, 0.25) is 0 Å². The van der Waals surface area contributed by atoms with Gasteiger partial charge in [0, 0.05) is 5.92 Å². The summed E-state index contributed by atoms with van der Waals surface area (Å²) >= 11 is 0. The Bertz CT molecular complexity index is 592. The van der Waals surface area contributed by atoms with Crippen LogP contribution in [-0.2, 0) is 0 Å². The van der Waals surface area contributed by atoms with Crippen LogP contribution in [0.2, 0.25) is 0 Å². The molecule has 19 heavy (non-hydrogen) atoms. The fraction of sp³-hybridized carbons (Fsp3) is 0.368.